The lowest BCUT2D eigenvalue weighted by Gasteiger charge is -2.08. The lowest BCUT2D eigenvalue weighted by molar-refractivity contribution is -0.384. The average molecular weight is 253 g/mol. The molecule has 0 aliphatic rings. The Morgan fingerprint density at radius 1 is 1.50 bits per heavy atom. The fraction of sp³-hybridized carbons (Fsp3) is 0.583. The monoisotopic (exact) mass is 253 g/mol. The number of ether oxygens (including phenoxy) is 1. The van der Waals surface area contributed by atoms with Crippen molar-refractivity contribution in [3.63, 3.8) is 0 Å². The highest BCUT2D eigenvalue weighted by molar-refractivity contribution is 5.59. The molecule has 18 heavy (non-hydrogen) atoms. The van der Waals surface area contributed by atoms with Gasteiger partial charge in [-0.05, 0) is 18.4 Å². The molecule has 6 nitrogen and oxygen atoms in total. The normalized spacial score (nSPS) is 10.6. The van der Waals surface area contributed by atoms with Crippen LogP contribution in [0, 0.1) is 16.0 Å². The van der Waals surface area contributed by atoms with Gasteiger partial charge in [-0.15, -0.1) is 0 Å². The summed E-state index contributed by atoms with van der Waals surface area (Å²) in [6, 6.07) is 1.59. The first kappa shape index (κ1) is 14.4. The molecule has 100 valence electrons. The van der Waals surface area contributed by atoms with Crippen LogP contribution in [0.1, 0.15) is 20.3 Å². The molecule has 1 rings (SSSR count). The van der Waals surface area contributed by atoms with Gasteiger partial charge in [0, 0.05) is 19.3 Å². The third-order valence-corrected chi connectivity index (χ3v) is 2.40. The van der Waals surface area contributed by atoms with Crippen LogP contribution in [0.15, 0.2) is 18.5 Å². The van der Waals surface area contributed by atoms with Crippen molar-refractivity contribution >= 4 is 11.4 Å². The van der Waals surface area contributed by atoms with Gasteiger partial charge in [0.2, 0.25) is 0 Å². The van der Waals surface area contributed by atoms with Gasteiger partial charge in [0.25, 0.3) is 0 Å². The molecule has 0 saturated heterocycles. The Morgan fingerprint density at radius 3 is 2.94 bits per heavy atom. The second-order valence-corrected chi connectivity index (χ2v) is 4.37. The topological polar surface area (TPSA) is 77.3 Å². The number of aromatic nitrogens is 1. The zero-order chi connectivity index (χ0) is 13.4. The highest BCUT2D eigenvalue weighted by atomic mass is 16.6. The van der Waals surface area contributed by atoms with Gasteiger partial charge in [-0.1, -0.05) is 13.8 Å². The van der Waals surface area contributed by atoms with E-state index in [0.717, 1.165) is 13.0 Å². The van der Waals surface area contributed by atoms with E-state index in [2.05, 4.69) is 24.1 Å². The van der Waals surface area contributed by atoms with Gasteiger partial charge in [0.1, 0.15) is 11.9 Å². The first-order valence-electron chi connectivity index (χ1n) is 6.01. The highest BCUT2D eigenvalue weighted by Gasteiger charge is 2.12. The maximum atomic E-state index is 10.7. The molecule has 0 aliphatic carbocycles. The molecule has 1 aromatic heterocycles. The number of nitrogens with zero attached hydrogens (tertiary/aromatic N) is 2. The second kappa shape index (κ2) is 7.60. The van der Waals surface area contributed by atoms with Gasteiger partial charge in [0.05, 0.1) is 11.5 Å². The largest absolute Gasteiger partial charge is 0.380 e. The fourth-order valence-corrected chi connectivity index (χ4v) is 1.36. The van der Waals surface area contributed by atoms with Gasteiger partial charge in [-0.25, -0.2) is 0 Å². The minimum absolute atomic E-state index is 0.0142. The van der Waals surface area contributed by atoms with Crippen LogP contribution in [-0.4, -0.2) is 29.7 Å². The Hall–Kier alpha value is -1.69. The molecule has 0 radical (unpaired) electrons. The third kappa shape index (κ3) is 5.09. The van der Waals surface area contributed by atoms with E-state index in [1.807, 2.05) is 0 Å². The van der Waals surface area contributed by atoms with Crippen LogP contribution in [0.4, 0.5) is 11.4 Å². The maximum absolute atomic E-state index is 10.7. The average Bonchev–Trinajstić information content (AvgIpc) is 2.33. The lowest BCUT2D eigenvalue weighted by atomic mass is 10.1. The van der Waals surface area contributed by atoms with E-state index in [-0.39, 0.29) is 5.69 Å². The summed E-state index contributed by atoms with van der Waals surface area (Å²) in [4.78, 5) is 14.0. The molecular weight excluding hydrogens is 234 g/mol. The van der Waals surface area contributed by atoms with Crippen LogP contribution in [0.3, 0.4) is 0 Å². The van der Waals surface area contributed by atoms with Crippen LogP contribution in [0.2, 0.25) is 0 Å². The lowest BCUT2D eigenvalue weighted by Crippen LogP contribution is -2.11. The van der Waals surface area contributed by atoms with Gasteiger partial charge in [-0.3, -0.25) is 15.1 Å². The van der Waals surface area contributed by atoms with Crippen molar-refractivity contribution in [2.75, 3.05) is 25.1 Å². The van der Waals surface area contributed by atoms with Crippen LogP contribution < -0.4 is 5.32 Å². The van der Waals surface area contributed by atoms with E-state index in [0.29, 0.717) is 24.8 Å². The Kier molecular flexibility index (Phi) is 6.07. The third-order valence-electron chi connectivity index (χ3n) is 2.40. The van der Waals surface area contributed by atoms with Crippen molar-refractivity contribution in [3.05, 3.63) is 28.6 Å². The molecule has 0 saturated carbocycles. The van der Waals surface area contributed by atoms with E-state index < -0.39 is 4.92 Å². The number of anilines is 1. The van der Waals surface area contributed by atoms with Crippen molar-refractivity contribution in [1.29, 1.82) is 0 Å². The number of nitro groups is 1. The minimum atomic E-state index is -0.449. The Balaban J connectivity index is 2.29. The van der Waals surface area contributed by atoms with E-state index in [1.165, 1.54) is 12.4 Å². The van der Waals surface area contributed by atoms with Crippen LogP contribution in [0.25, 0.3) is 0 Å². The summed E-state index contributed by atoms with van der Waals surface area (Å²) in [6.07, 6.45) is 3.78. The molecule has 1 heterocycles. The van der Waals surface area contributed by atoms with E-state index in [9.17, 15) is 10.1 Å². The zero-order valence-electron chi connectivity index (χ0n) is 10.8. The molecule has 0 aliphatic heterocycles. The summed E-state index contributed by atoms with van der Waals surface area (Å²) in [5.41, 5.74) is 0.460. The Labute approximate surface area is 107 Å². The van der Waals surface area contributed by atoms with Crippen molar-refractivity contribution in [2.45, 2.75) is 20.3 Å². The van der Waals surface area contributed by atoms with Crippen LogP contribution >= 0.6 is 0 Å². The first-order valence-corrected chi connectivity index (χ1v) is 6.01. The quantitative estimate of drug-likeness (QED) is 0.437. The van der Waals surface area contributed by atoms with Crippen molar-refractivity contribution < 1.29 is 9.66 Å². The molecule has 0 bridgehead atoms. The van der Waals surface area contributed by atoms with E-state index >= 15 is 0 Å². The number of hydrogen-bond donors (Lipinski definition) is 1. The van der Waals surface area contributed by atoms with E-state index in [1.54, 1.807) is 6.07 Å². The summed E-state index contributed by atoms with van der Waals surface area (Å²) in [5, 5.41) is 13.7. The molecule has 0 spiro atoms. The van der Waals surface area contributed by atoms with Crippen molar-refractivity contribution in [3.8, 4) is 0 Å². The molecule has 6 heteroatoms. The van der Waals surface area contributed by atoms with Crippen molar-refractivity contribution in [1.82, 2.24) is 4.98 Å². The predicted octanol–water partition coefficient (Wildman–Crippen LogP) is 2.46. The first-order chi connectivity index (χ1) is 8.61. The second-order valence-electron chi connectivity index (χ2n) is 4.37. The maximum Gasteiger partial charge on any atom is 0.310 e. The number of hydrogen-bond acceptors (Lipinski definition) is 5. The number of pyridine rings is 1. The molecular formula is C12H19N3O3. The SMILES string of the molecule is CC(C)CCOCCNc1ccncc1[N+](=O)[O-]. The van der Waals surface area contributed by atoms with Crippen molar-refractivity contribution in [2.24, 2.45) is 5.92 Å². The number of rotatable bonds is 8. The standard InChI is InChI=1S/C12H19N3O3/c1-10(2)4-7-18-8-6-14-11-3-5-13-9-12(11)15(16)17/h3,5,9-10H,4,6-8H2,1-2H3,(H,13,14). The summed E-state index contributed by atoms with van der Waals surface area (Å²) >= 11 is 0. The fourth-order valence-electron chi connectivity index (χ4n) is 1.36. The molecule has 1 aromatic rings. The summed E-state index contributed by atoms with van der Waals surface area (Å²) in [5.74, 6) is 0.624. The summed E-state index contributed by atoms with van der Waals surface area (Å²) in [6.45, 7) is 6.08. The molecule has 0 unspecified atom stereocenters. The molecule has 0 aromatic carbocycles. The zero-order valence-corrected chi connectivity index (χ0v) is 10.8. The van der Waals surface area contributed by atoms with Gasteiger partial charge >= 0.3 is 5.69 Å². The number of nitrogens with one attached hydrogen (secondary N) is 1. The Bertz CT molecular complexity index is 383. The predicted molar refractivity (Wildman–Crippen MR) is 69.7 cm³/mol. The van der Waals surface area contributed by atoms with Gasteiger partial charge < -0.3 is 10.1 Å². The minimum Gasteiger partial charge on any atom is -0.380 e. The van der Waals surface area contributed by atoms with Gasteiger partial charge in [0.15, 0.2) is 0 Å². The smallest absolute Gasteiger partial charge is 0.310 e. The van der Waals surface area contributed by atoms with Crippen LogP contribution in [-0.2, 0) is 4.74 Å². The molecule has 0 fully saturated rings. The van der Waals surface area contributed by atoms with Crippen LogP contribution in [0.5, 0.6) is 0 Å². The molecule has 1 N–H and O–H groups in total. The summed E-state index contributed by atoms with van der Waals surface area (Å²) < 4.78 is 5.42. The highest BCUT2D eigenvalue weighted by Crippen LogP contribution is 2.21. The van der Waals surface area contributed by atoms with Gasteiger partial charge in [-0.2, -0.15) is 0 Å². The Morgan fingerprint density at radius 2 is 2.28 bits per heavy atom. The van der Waals surface area contributed by atoms with E-state index in [4.69, 9.17) is 4.74 Å². The summed E-state index contributed by atoms with van der Waals surface area (Å²) in [7, 11) is 0. The molecule has 0 atom stereocenters. The molecule has 0 amide bonds.